The van der Waals surface area contributed by atoms with E-state index in [1.165, 1.54) is 0 Å². The molecule has 1 rings (SSSR count). The van der Waals surface area contributed by atoms with Gasteiger partial charge in [-0.3, -0.25) is 4.79 Å². The third-order valence-electron chi connectivity index (χ3n) is 2.48. The maximum absolute atomic E-state index is 11.9. The summed E-state index contributed by atoms with van der Waals surface area (Å²) in [7, 11) is 0. The largest absolute Gasteiger partial charge is 0.394 e. The lowest BCUT2D eigenvalue weighted by Gasteiger charge is -2.15. The molecule has 0 aliphatic rings. The van der Waals surface area contributed by atoms with Crippen molar-refractivity contribution >= 4 is 21.8 Å². The van der Waals surface area contributed by atoms with E-state index in [-0.39, 0.29) is 18.6 Å². The maximum atomic E-state index is 11.9. The summed E-state index contributed by atoms with van der Waals surface area (Å²) in [6.45, 7) is 3.78. The first-order chi connectivity index (χ1) is 7.58. The van der Waals surface area contributed by atoms with Crippen molar-refractivity contribution in [1.29, 1.82) is 0 Å². The molecule has 1 amide bonds. The molecule has 0 aliphatic carbocycles. The van der Waals surface area contributed by atoms with Crippen molar-refractivity contribution in [3.05, 3.63) is 33.8 Å². The molecule has 88 valence electrons. The normalized spacial score (nSPS) is 12.2. The van der Waals surface area contributed by atoms with Gasteiger partial charge in [0.2, 0.25) is 0 Å². The van der Waals surface area contributed by atoms with Gasteiger partial charge < -0.3 is 10.4 Å². The molecule has 0 saturated carbocycles. The van der Waals surface area contributed by atoms with E-state index in [1.54, 1.807) is 6.07 Å². The number of carbonyl (C=O) groups is 1. The van der Waals surface area contributed by atoms with Crippen molar-refractivity contribution in [2.24, 2.45) is 0 Å². The Labute approximate surface area is 104 Å². The second kappa shape index (κ2) is 6.01. The number of hydrogen-bond donors (Lipinski definition) is 2. The number of hydrogen-bond acceptors (Lipinski definition) is 2. The van der Waals surface area contributed by atoms with Gasteiger partial charge in [0.25, 0.3) is 5.91 Å². The predicted molar refractivity (Wildman–Crippen MR) is 67.5 cm³/mol. The zero-order valence-electron chi connectivity index (χ0n) is 9.46. The van der Waals surface area contributed by atoms with Gasteiger partial charge in [0, 0.05) is 10.0 Å². The van der Waals surface area contributed by atoms with Crippen molar-refractivity contribution in [3.63, 3.8) is 0 Å². The average molecular weight is 286 g/mol. The number of aliphatic hydroxyl groups is 1. The lowest BCUT2D eigenvalue weighted by Crippen LogP contribution is -2.37. The number of amides is 1. The third-order valence-corrected chi connectivity index (χ3v) is 2.97. The fraction of sp³-hybridized carbons (Fsp3) is 0.417. The zero-order valence-corrected chi connectivity index (χ0v) is 11.0. The third kappa shape index (κ3) is 3.32. The number of rotatable bonds is 4. The van der Waals surface area contributed by atoms with Crippen LogP contribution in [0.1, 0.15) is 29.3 Å². The summed E-state index contributed by atoms with van der Waals surface area (Å²) in [5, 5.41) is 11.8. The highest BCUT2D eigenvalue weighted by molar-refractivity contribution is 9.10. The van der Waals surface area contributed by atoms with Crippen LogP contribution in [0.3, 0.4) is 0 Å². The molecule has 1 aromatic carbocycles. The van der Waals surface area contributed by atoms with Crippen LogP contribution in [0.25, 0.3) is 0 Å². The van der Waals surface area contributed by atoms with Gasteiger partial charge in [0.1, 0.15) is 0 Å². The van der Waals surface area contributed by atoms with Crippen LogP contribution in [0.4, 0.5) is 0 Å². The van der Waals surface area contributed by atoms with E-state index in [0.717, 1.165) is 16.5 Å². The topological polar surface area (TPSA) is 49.3 Å². The Morgan fingerprint density at radius 1 is 1.56 bits per heavy atom. The number of carbonyl (C=O) groups excluding carboxylic acids is 1. The molecule has 1 atom stereocenters. The molecule has 0 fully saturated rings. The quantitative estimate of drug-likeness (QED) is 0.892. The summed E-state index contributed by atoms with van der Waals surface area (Å²) in [5.41, 5.74) is 1.56. The van der Waals surface area contributed by atoms with E-state index in [1.807, 2.05) is 26.0 Å². The Balaban J connectivity index is 2.80. The predicted octanol–water partition coefficient (Wildman–Crippen LogP) is 2.26. The smallest absolute Gasteiger partial charge is 0.251 e. The van der Waals surface area contributed by atoms with Crippen LogP contribution < -0.4 is 5.32 Å². The Morgan fingerprint density at radius 3 is 2.75 bits per heavy atom. The minimum atomic E-state index is -0.171. The van der Waals surface area contributed by atoms with Crippen LogP contribution in [-0.4, -0.2) is 23.7 Å². The van der Waals surface area contributed by atoms with Gasteiger partial charge >= 0.3 is 0 Å². The van der Waals surface area contributed by atoms with Gasteiger partial charge in [-0.1, -0.05) is 22.9 Å². The first-order valence-corrected chi connectivity index (χ1v) is 6.05. The molecule has 1 aromatic rings. The summed E-state index contributed by atoms with van der Waals surface area (Å²) in [5.74, 6) is -0.133. The molecule has 3 nitrogen and oxygen atoms in total. The number of halogens is 1. The molecular weight excluding hydrogens is 270 g/mol. The maximum Gasteiger partial charge on any atom is 0.251 e. The standard InChI is InChI=1S/C12H16BrNO2/c1-3-10(7-15)14-12(16)11-5-4-9(13)6-8(11)2/h4-6,10,15H,3,7H2,1-2H3,(H,14,16)/t10-/m0/s1. The van der Waals surface area contributed by atoms with Crippen LogP contribution in [0.15, 0.2) is 22.7 Å². The average Bonchev–Trinajstić information content (AvgIpc) is 2.25. The Kier molecular flexibility index (Phi) is 4.96. The van der Waals surface area contributed by atoms with Crippen LogP contribution in [0.5, 0.6) is 0 Å². The van der Waals surface area contributed by atoms with E-state index in [4.69, 9.17) is 5.11 Å². The monoisotopic (exact) mass is 285 g/mol. The second-order valence-electron chi connectivity index (χ2n) is 3.72. The van der Waals surface area contributed by atoms with Gasteiger partial charge in [0.15, 0.2) is 0 Å². The van der Waals surface area contributed by atoms with Gasteiger partial charge in [0.05, 0.1) is 12.6 Å². The molecule has 0 heterocycles. The van der Waals surface area contributed by atoms with Gasteiger partial charge in [-0.2, -0.15) is 0 Å². The molecule has 0 bridgehead atoms. The fourth-order valence-electron chi connectivity index (χ4n) is 1.42. The molecule has 2 N–H and O–H groups in total. The number of aliphatic hydroxyl groups excluding tert-OH is 1. The number of nitrogens with one attached hydrogen (secondary N) is 1. The molecule has 0 unspecified atom stereocenters. The van der Waals surface area contributed by atoms with Crippen molar-refractivity contribution in [2.45, 2.75) is 26.3 Å². The fourth-order valence-corrected chi connectivity index (χ4v) is 1.90. The van der Waals surface area contributed by atoms with Crippen LogP contribution >= 0.6 is 15.9 Å². The van der Waals surface area contributed by atoms with E-state index >= 15 is 0 Å². The summed E-state index contributed by atoms with van der Waals surface area (Å²) in [6.07, 6.45) is 0.720. The highest BCUT2D eigenvalue weighted by Crippen LogP contribution is 2.15. The van der Waals surface area contributed by atoms with Gasteiger partial charge in [-0.15, -0.1) is 0 Å². The molecule has 0 spiro atoms. The van der Waals surface area contributed by atoms with Crippen LogP contribution in [0.2, 0.25) is 0 Å². The van der Waals surface area contributed by atoms with E-state index in [9.17, 15) is 4.79 Å². The summed E-state index contributed by atoms with van der Waals surface area (Å²) in [4.78, 5) is 11.9. The molecule has 0 aromatic heterocycles. The molecule has 16 heavy (non-hydrogen) atoms. The van der Waals surface area contributed by atoms with Crippen LogP contribution in [0, 0.1) is 6.92 Å². The molecule has 0 saturated heterocycles. The SMILES string of the molecule is CC[C@@H](CO)NC(=O)c1ccc(Br)cc1C. The van der Waals surface area contributed by atoms with E-state index in [0.29, 0.717) is 5.56 Å². The van der Waals surface area contributed by atoms with Crippen molar-refractivity contribution in [3.8, 4) is 0 Å². The van der Waals surface area contributed by atoms with Crippen molar-refractivity contribution < 1.29 is 9.90 Å². The van der Waals surface area contributed by atoms with E-state index in [2.05, 4.69) is 21.2 Å². The van der Waals surface area contributed by atoms with E-state index < -0.39 is 0 Å². The summed E-state index contributed by atoms with van der Waals surface area (Å²) in [6, 6.07) is 5.34. The lowest BCUT2D eigenvalue weighted by atomic mass is 10.1. The van der Waals surface area contributed by atoms with Crippen LogP contribution in [-0.2, 0) is 0 Å². The highest BCUT2D eigenvalue weighted by Gasteiger charge is 2.13. The Morgan fingerprint density at radius 2 is 2.25 bits per heavy atom. The minimum absolute atomic E-state index is 0.0299. The summed E-state index contributed by atoms with van der Waals surface area (Å²) < 4.78 is 0.954. The Bertz CT molecular complexity index is 375. The Hall–Kier alpha value is -0.870. The van der Waals surface area contributed by atoms with Gasteiger partial charge in [-0.25, -0.2) is 0 Å². The molecule has 0 aliphatic heterocycles. The molecule has 0 radical (unpaired) electrons. The summed E-state index contributed by atoms with van der Waals surface area (Å²) >= 11 is 3.35. The van der Waals surface area contributed by atoms with Crippen molar-refractivity contribution in [2.75, 3.05) is 6.61 Å². The zero-order chi connectivity index (χ0) is 12.1. The van der Waals surface area contributed by atoms with Gasteiger partial charge in [-0.05, 0) is 37.1 Å². The number of aryl methyl sites for hydroxylation is 1. The first-order valence-electron chi connectivity index (χ1n) is 5.26. The lowest BCUT2D eigenvalue weighted by molar-refractivity contribution is 0.0914. The first kappa shape index (κ1) is 13.2. The molecule has 4 heteroatoms. The molecular formula is C12H16BrNO2. The second-order valence-corrected chi connectivity index (χ2v) is 4.64. The minimum Gasteiger partial charge on any atom is -0.394 e. The van der Waals surface area contributed by atoms with Crippen molar-refractivity contribution in [1.82, 2.24) is 5.32 Å². The highest BCUT2D eigenvalue weighted by atomic mass is 79.9. The number of benzene rings is 1.